The van der Waals surface area contributed by atoms with Gasteiger partial charge in [-0.05, 0) is 60.5 Å². The molecule has 11 nitrogen and oxygen atoms in total. The van der Waals surface area contributed by atoms with Gasteiger partial charge in [-0.1, -0.05) is 6.07 Å². The Balaban J connectivity index is 1.24. The number of primary amides is 1. The summed E-state index contributed by atoms with van der Waals surface area (Å²) in [5.74, 6) is -3.74. The maximum absolute atomic E-state index is 15.5. The lowest BCUT2D eigenvalue weighted by Crippen LogP contribution is -2.31. The van der Waals surface area contributed by atoms with Gasteiger partial charge in [-0.3, -0.25) is 4.79 Å². The molecule has 1 saturated heterocycles. The van der Waals surface area contributed by atoms with Crippen LogP contribution in [0.1, 0.15) is 44.2 Å². The molecule has 5 aromatic rings. The quantitative estimate of drug-likeness (QED) is 0.175. The van der Waals surface area contributed by atoms with Gasteiger partial charge in [-0.25, -0.2) is 28.5 Å². The second kappa shape index (κ2) is 13.0. The minimum atomic E-state index is -3.23. The summed E-state index contributed by atoms with van der Waals surface area (Å²) in [4.78, 5) is 35.5. The molecule has 0 bridgehead atoms. The summed E-state index contributed by atoms with van der Waals surface area (Å²) in [6.07, 6.45) is 0.599. The molecule has 15 heteroatoms. The fourth-order valence-corrected chi connectivity index (χ4v) is 5.07. The Kier molecular flexibility index (Phi) is 8.72. The first-order valence-corrected chi connectivity index (χ1v) is 14.2. The Hall–Kier alpha value is -5.57. The molecule has 1 aliphatic heterocycles. The number of carbonyl (C=O) groups excluding carboxylic acids is 1. The second-order valence-electron chi connectivity index (χ2n) is 10.6. The standard InChI is InChI=1S/C32H25F4N5O6/c33-21-13-20(23-2-1-3-28(39-23)46-15-17-5-7-25(29(37)42)40-30(17)47-32(35)36)22(34)10-18(21)12-27-38-24-6-4-16(31(43)44)11-26(24)41(27)14-19-8-9-45-19/h1-7,10-11,13,19,32H,8-9,12,14-15H2,(H2,37,42)(H,43,44)/t19-/m0/s1. The number of carboxylic acid groups (broad SMARTS) is 1. The minimum absolute atomic E-state index is 0.0154. The number of nitrogens with zero attached hydrogens (tertiary/aromatic N) is 4. The Labute approximate surface area is 263 Å². The van der Waals surface area contributed by atoms with E-state index in [4.69, 9.17) is 15.2 Å². The van der Waals surface area contributed by atoms with Gasteiger partial charge in [0.1, 0.15) is 29.8 Å². The van der Waals surface area contributed by atoms with Crippen LogP contribution in [0.3, 0.4) is 0 Å². The number of alkyl halides is 2. The van der Waals surface area contributed by atoms with E-state index in [9.17, 15) is 23.5 Å². The number of aromatic carboxylic acids is 1. The highest BCUT2D eigenvalue weighted by atomic mass is 19.3. The number of nitrogens with two attached hydrogens (primary N) is 1. The van der Waals surface area contributed by atoms with E-state index in [0.717, 1.165) is 18.6 Å². The number of hydrogen-bond acceptors (Lipinski definition) is 8. The summed E-state index contributed by atoms with van der Waals surface area (Å²) >= 11 is 0. The van der Waals surface area contributed by atoms with Gasteiger partial charge >= 0.3 is 12.6 Å². The highest BCUT2D eigenvalue weighted by Crippen LogP contribution is 2.29. The largest absolute Gasteiger partial charge is 0.478 e. The number of imidazole rings is 1. The number of amides is 1. The van der Waals surface area contributed by atoms with E-state index in [1.165, 1.54) is 42.5 Å². The first kappa shape index (κ1) is 31.4. The zero-order valence-electron chi connectivity index (χ0n) is 24.3. The molecular weight excluding hydrogens is 626 g/mol. The molecule has 2 aromatic carbocycles. The fourth-order valence-electron chi connectivity index (χ4n) is 5.07. The van der Waals surface area contributed by atoms with Gasteiger partial charge in [-0.2, -0.15) is 8.78 Å². The fraction of sp³-hybridized carbons (Fsp3) is 0.219. The molecule has 0 saturated carbocycles. The van der Waals surface area contributed by atoms with Crippen molar-refractivity contribution in [2.75, 3.05) is 6.61 Å². The highest BCUT2D eigenvalue weighted by Gasteiger charge is 2.24. The molecule has 0 radical (unpaired) electrons. The number of benzene rings is 2. The lowest BCUT2D eigenvalue weighted by atomic mass is 10.0. The second-order valence-corrected chi connectivity index (χ2v) is 10.6. The molecule has 1 atom stereocenters. The van der Waals surface area contributed by atoms with Crippen LogP contribution in [0.5, 0.6) is 11.8 Å². The molecule has 242 valence electrons. The van der Waals surface area contributed by atoms with Crippen molar-refractivity contribution < 1.29 is 46.5 Å². The Morgan fingerprint density at radius 1 is 1.02 bits per heavy atom. The third-order valence-electron chi connectivity index (χ3n) is 7.51. The number of carbonyl (C=O) groups is 2. The third-order valence-corrected chi connectivity index (χ3v) is 7.51. The number of rotatable bonds is 12. The molecule has 0 aliphatic carbocycles. The predicted octanol–water partition coefficient (Wildman–Crippen LogP) is 5.13. The van der Waals surface area contributed by atoms with Gasteiger partial charge in [0.05, 0.1) is 40.5 Å². The number of pyridine rings is 2. The van der Waals surface area contributed by atoms with E-state index in [1.54, 1.807) is 10.6 Å². The summed E-state index contributed by atoms with van der Waals surface area (Å²) in [5, 5.41) is 9.46. The number of carboxylic acids is 1. The van der Waals surface area contributed by atoms with Crippen LogP contribution in [-0.4, -0.2) is 55.8 Å². The normalized spacial score (nSPS) is 14.3. The van der Waals surface area contributed by atoms with Gasteiger partial charge in [-0.15, -0.1) is 0 Å². The van der Waals surface area contributed by atoms with E-state index in [1.807, 2.05) is 0 Å². The Morgan fingerprint density at radius 2 is 1.83 bits per heavy atom. The van der Waals surface area contributed by atoms with E-state index in [0.29, 0.717) is 30.0 Å². The van der Waals surface area contributed by atoms with Crippen LogP contribution in [0.25, 0.3) is 22.3 Å². The van der Waals surface area contributed by atoms with Crippen LogP contribution in [0, 0.1) is 11.6 Å². The Bertz CT molecular complexity index is 2000. The molecule has 1 fully saturated rings. The van der Waals surface area contributed by atoms with Crippen LogP contribution in [0.4, 0.5) is 17.6 Å². The van der Waals surface area contributed by atoms with E-state index >= 15 is 8.78 Å². The summed E-state index contributed by atoms with van der Waals surface area (Å²) in [7, 11) is 0. The maximum atomic E-state index is 15.5. The lowest BCUT2D eigenvalue weighted by molar-refractivity contribution is -0.0590. The predicted molar refractivity (Wildman–Crippen MR) is 157 cm³/mol. The number of ether oxygens (including phenoxy) is 3. The molecular formula is C32H25F4N5O6. The molecule has 1 aliphatic rings. The van der Waals surface area contributed by atoms with Crippen molar-refractivity contribution in [2.24, 2.45) is 5.73 Å². The first-order chi connectivity index (χ1) is 22.5. The summed E-state index contributed by atoms with van der Waals surface area (Å²) in [6.45, 7) is -2.62. The van der Waals surface area contributed by atoms with Gasteiger partial charge in [0.2, 0.25) is 11.8 Å². The number of fused-ring (bicyclic) bond motifs is 1. The first-order valence-electron chi connectivity index (χ1n) is 14.2. The summed E-state index contributed by atoms with van der Waals surface area (Å²) < 4.78 is 74.2. The van der Waals surface area contributed by atoms with Crippen LogP contribution in [-0.2, 0) is 24.3 Å². The SMILES string of the molecule is NC(=O)c1ccc(COc2cccc(-c3cc(F)c(Cc4nc5ccc(C(=O)O)cc5n4C[C@@H]4CCO4)cc3F)n2)c(OC(F)F)n1. The van der Waals surface area contributed by atoms with Gasteiger partial charge in [0.15, 0.2) is 0 Å². The summed E-state index contributed by atoms with van der Waals surface area (Å²) in [5.41, 5.74) is 5.94. The van der Waals surface area contributed by atoms with E-state index in [2.05, 4.69) is 19.7 Å². The number of halogens is 4. The van der Waals surface area contributed by atoms with Crippen molar-refractivity contribution in [1.82, 2.24) is 19.5 Å². The topological polar surface area (TPSA) is 152 Å². The molecule has 47 heavy (non-hydrogen) atoms. The number of hydrogen-bond donors (Lipinski definition) is 2. The van der Waals surface area contributed by atoms with Crippen molar-refractivity contribution in [2.45, 2.75) is 38.7 Å². The Morgan fingerprint density at radius 3 is 2.53 bits per heavy atom. The average molecular weight is 652 g/mol. The zero-order valence-corrected chi connectivity index (χ0v) is 24.3. The van der Waals surface area contributed by atoms with Crippen molar-refractivity contribution >= 4 is 22.9 Å². The monoisotopic (exact) mass is 651 g/mol. The van der Waals surface area contributed by atoms with E-state index < -0.39 is 36.0 Å². The van der Waals surface area contributed by atoms with Crippen molar-refractivity contribution in [1.29, 1.82) is 0 Å². The van der Waals surface area contributed by atoms with Crippen molar-refractivity contribution in [3.05, 3.63) is 101 Å². The molecule has 4 heterocycles. The van der Waals surface area contributed by atoms with Gasteiger partial charge in [0, 0.05) is 24.7 Å². The lowest BCUT2D eigenvalue weighted by Gasteiger charge is -2.27. The molecule has 3 N–H and O–H groups in total. The number of aromatic nitrogens is 4. The molecule has 3 aromatic heterocycles. The van der Waals surface area contributed by atoms with Gasteiger partial charge < -0.3 is 29.6 Å². The highest BCUT2D eigenvalue weighted by molar-refractivity contribution is 5.92. The van der Waals surface area contributed by atoms with Crippen LogP contribution in [0.2, 0.25) is 0 Å². The molecule has 0 unspecified atom stereocenters. The van der Waals surface area contributed by atoms with E-state index in [-0.39, 0.29) is 58.7 Å². The minimum Gasteiger partial charge on any atom is -0.478 e. The van der Waals surface area contributed by atoms with Crippen LogP contribution in [0.15, 0.2) is 60.7 Å². The van der Waals surface area contributed by atoms with Crippen LogP contribution < -0.4 is 15.2 Å². The molecule has 6 rings (SSSR count). The third kappa shape index (κ3) is 6.84. The van der Waals surface area contributed by atoms with Gasteiger partial charge in [0.25, 0.3) is 5.91 Å². The van der Waals surface area contributed by atoms with Crippen LogP contribution >= 0.6 is 0 Å². The molecule has 0 spiro atoms. The average Bonchev–Trinajstić information content (AvgIpc) is 3.35. The maximum Gasteiger partial charge on any atom is 0.388 e. The summed E-state index contributed by atoms with van der Waals surface area (Å²) in [6, 6.07) is 13.4. The zero-order chi connectivity index (χ0) is 33.2. The van der Waals surface area contributed by atoms with Crippen molar-refractivity contribution in [3.63, 3.8) is 0 Å². The molecule has 1 amide bonds. The van der Waals surface area contributed by atoms with Crippen molar-refractivity contribution in [3.8, 4) is 23.0 Å². The smallest absolute Gasteiger partial charge is 0.388 e.